The van der Waals surface area contributed by atoms with Crippen LogP contribution < -0.4 is 11.1 Å². The number of ether oxygens (including phenoxy) is 1. The quantitative estimate of drug-likeness (QED) is 0.633. The summed E-state index contributed by atoms with van der Waals surface area (Å²) in [5, 5.41) is 2.89. The Balaban J connectivity index is 1.99. The lowest BCUT2D eigenvalue weighted by Crippen LogP contribution is -2.31. The van der Waals surface area contributed by atoms with E-state index >= 15 is 0 Å². The van der Waals surface area contributed by atoms with Crippen LogP contribution in [0.4, 0.5) is 0 Å². The fourth-order valence-corrected chi connectivity index (χ4v) is 2.20. The molecule has 1 amide bonds. The van der Waals surface area contributed by atoms with Gasteiger partial charge in [0.25, 0.3) is 0 Å². The summed E-state index contributed by atoms with van der Waals surface area (Å²) >= 11 is 0. The minimum atomic E-state index is 0.0947. The van der Waals surface area contributed by atoms with E-state index in [-0.39, 0.29) is 5.91 Å². The van der Waals surface area contributed by atoms with Gasteiger partial charge in [-0.05, 0) is 25.3 Å². The van der Waals surface area contributed by atoms with Crippen molar-refractivity contribution in [3.05, 3.63) is 0 Å². The molecule has 1 unspecified atom stereocenters. The van der Waals surface area contributed by atoms with E-state index in [1.165, 1.54) is 25.7 Å². The van der Waals surface area contributed by atoms with Crippen LogP contribution in [0, 0.1) is 5.92 Å². The van der Waals surface area contributed by atoms with E-state index in [2.05, 4.69) is 12.2 Å². The molecule has 0 aromatic carbocycles. The maximum atomic E-state index is 11.5. The number of nitrogens with one attached hydrogen (secondary N) is 1. The molecule has 4 nitrogen and oxygen atoms in total. The largest absolute Gasteiger partial charge is 0.376 e. The van der Waals surface area contributed by atoms with Gasteiger partial charge in [-0.3, -0.25) is 4.79 Å². The van der Waals surface area contributed by atoms with E-state index in [0.717, 1.165) is 6.42 Å². The molecule has 1 saturated carbocycles. The Bertz CT molecular complexity index is 211. The van der Waals surface area contributed by atoms with Gasteiger partial charge in [0.1, 0.15) is 0 Å². The van der Waals surface area contributed by atoms with Gasteiger partial charge in [-0.1, -0.05) is 26.2 Å². The molecule has 0 spiro atoms. The predicted molar refractivity (Wildman–Crippen MR) is 68.7 cm³/mol. The second-order valence-corrected chi connectivity index (χ2v) is 4.84. The molecule has 1 rings (SSSR count). The third-order valence-electron chi connectivity index (χ3n) is 3.46. The van der Waals surface area contributed by atoms with Crippen molar-refractivity contribution < 1.29 is 9.53 Å². The summed E-state index contributed by atoms with van der Waals surface area (Å²) in [6.45, 7) is 3.91. The van der Waals surface area contributed by atoms with E-state index < -0.39 is 0 Å². The van der Waals surface area contributed by atoms with Gasteiger partial charge in [-0.25, -0.2) is 0 Å². The lowest BCUT2D eigenvalue weighted by atomic mass is 10.0. The van der Waals surface area contributed by atoms with E-state index in [1.807, 2.05) is 0 Å². The molecule has 0 saturated heterocycles. The zero-order valence-electron chi connectivity index (χ0n) is 10.9. The van der Waals surface area contributed by atoms with Crippen LogP contribution in [0.25, 0.3) is 0 Å². The van der Waals surface area contributed by atoms with Gasteiger partial charge >= 0.3 is 0 Å². The number of rotatable bonds is 8. The van der Waals surface area contributed by atoms with Crippen molar-refractivity contribution in [2.75, 3.05) is 19.7 Å². The van der Waals surface area contributed by atoms with Crippen LogP contribution >= 0.6 is 0 Å². The van der Waals surface area contributed by atoms with Crippen LogP contribution in [0.2, 0.25) is 0 Å². The Morgan fingerprint density at radius 3 is 2.76 bits per heavy atom. The van der Waals surface area contributed by atoms with Gasteiger partial charge in [0.15, 0.2) is 0 Å². The molecule has 0 bridgehead atoms. The minimum Gasteiger partial charge on any atom is -0.376 e. The molecule has 3 N–H and O–H groups in total. The molecule has 0 aromatic heterocycles. The van der Waals surface area contributed by atoms with Crippen LogP contribution in [-0.4, -0.2) is 31.7 Å². The van der Waals surface area contributed by atoms with Crippen molar-refractivity contribution >= 4 is 5.91 Å². The minimum absolute atomic E-state index is 0.0947. The maximum absolute atomic E-state index is 11.5. The lowest BCUT2D eigenvalue weighted by molar-refractivity contribution is -0.122. The van der Waals surface area contributed by atoms with Gasteiger partial charge in [0, 0.05) is 13.0 Å². The molecule has 1 aliphatic rings. The number of hydrogen-bond acceptors (Lipinski definition) is 3. The molecule has 100 valence electrons. The van der Waals surface area contributed by atoms with Crippen LogP contribution in [0.1, 0.15) is 45.4 Å². The first-order valence-corrected chi connectivity index (χ1v) is 6.84. The lowest BCUT2D eigenvalue weighted by Gasteiger charge is -2.13. The summed E-state index contributed by atoms with van der Waals surface area (Å²) in [5.41, 5.74) is 5.56. The SMILES string of the molecule is CCC(CN)CC(=O)NCCOC1CCCC1. The topological polar surface area (TPSA) is 64.4 Å². The number of hydrogen-bond donors (Lipinski definition) is 2. The standard InChI is InChI=1S/C13H26N2O2/c1-2-11(10-14)9-13(16)15-7-8-17-12-5-3-4-6-12/h11-12H,2-10,14H2,1H3,(H,15,16). The first kappa shape index (κ1) is 14.5. The van der Waals surface area contributed by atoms with Crippen molar-refractivity contribution in [1.29, 1.82) is 0 Å². The molecule has 1 aliphatic carbocycles. The number of nitrogens with two attached hydrogens (primary N) is 1. The van der Waals surface area contributed by atoms with E-state index in [1.54, 1.807) is 0 Å². The second-order valence-electron chi connectivity index (χ2n) is 4.84. The van der Waals surface area contributed by atoms with Crippen LogP contribution in [0.5, 0.6) is 0 Å². The summed E-state index contributed by atoms with van der Waals surface area (Å²) < 4.78 is 5.67. The molecule has 0 heterocycles. The molecule has 0 radical (unpaired) electrons. The summed E-state index contributed by atoms with van der Waals surface area (Å²) in [5.74, 6) is 0.406. The average molecular weight is 242 g/mol. The first-order chi connectivity index (χ1) is 8.26. The molecule has 4 heteroatoms. The molecule has 17 heavy (non-hydrogen) atoms. The summed E-state index contributed by atoms with van der Waals surface area (Å²) in [6, 6.07) is 0. The highest BCUT2D eigenvalue weighted by Crippen LogP contribution is 2.20. The average Bonchev–Trinajstić information content (AvgIpc) is 2.84. The normalized spacial score (nSPS) is 18.2. The molecular weight excluding hydrogens is 216 g/mol. The third-order valence-corrected chi connectivity index (χ3v) is 3.46. The van der Waals surface area contributed by atoms with Crippen LogP contribution in [-0.2, 0) is 9.53 Å². The van der Waals surface area contributed by atoms with Crippen molar-refractivity contribution in [1.82, 2.24) is 5.32 Å². The fourth-order valence-electron chi connectivity index (χ4n) is 2.20. The Morgan fingerprint density at radius 2 is 2.18 bits per heavy atom. The molecule has 0 aliphatic heterocycles. The molecule has 1 atom stereocenters. The van der Waals surface area contributed by atoms with Crippen LogP contribution in [0.15, 0.2) is 0 Å². The summed E-state index contributed by atoms with van der Waals surface area (Å²) in [6.07, 6.45) is 6.85. The monoisotopic (exact) mass is 242 g/mol. The van der Waals surface area contributed by atoms with Gasteiger partial charge in [-0.2, -0.15) is 0 Å². The summed E-state index contributed by atoms with van der Waals surface area (Å²) in [4.78, 5) is 11.5. The highest BCUT2D eigenvalue weighted by molar-refractivity contribution is 5.76. The van der Waals surface area contributed by atoms with E-state index in [4.69, 9.17) is 10.5 Å². The Morgan fingerprint density at radius 1 is 1.47 bits per heavy atom. The number of amides is 1. The fraction of sp³-hybridized carbons (Fsp3) is 0.923. The first-order valence-electron chi connectivity index (χ1n) is 6.84. The van der Waals surface area contributed by atoms with Gasteiger partial charge < -0.3 is 15.8 Å². The number of carbonyl (C=O) groups excluding carboxylic acids is 1. The van der Waals surface area contributed by atoms with Crippen molar-refractivity contribution in [3.8, 4) is 0 Å². The molecule has 1 fully saturated rings. The van der Waals surface area contributed by atoms with Crippen molar-refractivity contribution in [2.24, 2.45) is 11.7 Å². The molecule has 0 aromatic rings. The Kier molecular flexibility index (Phi) is 7.21. The smallest absolute Gasteiger partial charge is 0.220 e. The second kappa shape index (κ2) is 8.48. The molecular formula is C13H26N2O2. The number of carbonyl (C=O) groups is 1. The predicted octanol–water partition coefficient (Wildman–Crippen LogP) is 1.44. The van der Waals surface area contributed by atoms with E-state index in [0.29, 0.717) is 38.1 Å². The van der Waals surface area contributed by atoms with E-state index in [9.17, 15) is 4.79 Å². The Labute approximate surface area is 104 Å². The zero-order chi connectivity index (χ0) is 12.5. The Hall–Kier alpha value is -0.610. The third kappa shape index (κ3) is 6.03. The van der Waals surface area contributed by atoms with Gasteiger partial charge in [0.2, 0.25) is 5.91 Å². The highest BCUT2D eigenvalue weighted by Gasteiger charge is 2.15. The van der Waals surface area contributed by atoms with Crippen molar-refractivity contribution in [3.63, 3.8) is 0 Å². The van der Waals surface area contributed by atoms with Gasteiger partial charge in [0.05, 0.1) is 12.7 Å². The van der Waals surface area contributed by atoms with Crippen LogP contribution in [0.3, 0.4) is 0 Å². The highest BCUT2D eigenvalue weighted by atomic mass is 16.5. The maximum Gasteiger partial charge on any atom is 0.220 e. The summed E-state index contributed by atoms with van der Waals surface area (Å²) in [7, 11) is 0. The van der Waals surface area contributed by atoms with Gasteiger partial charge in [-0.15, -0.1) is 0 Å². The van der Waals surface area contributed by atoms with Crippen molar-refractivity contribution in [2.45, 2.75) is 51.6 Å². The zero-order valence-corrected chi connectivity index (χ0v) is 10.9.